The monoisotopic (exact) mass is 342 g/mol. The van der Waals surface area contributed by atoms with Gasteiger partial charge in [-0.15, -0.1) is 0 Å². The van der Waals surface area contributed by atoms with Crippen LogP contribution in [0.4, 0.5) is 0 Å². The fraction of sp³-hybridized carbons (Fsp3) is 0.467. The molecule has 0 bridgehead atoms. The Bertz CT molecular complexity index is 459. The van der Waals surface area contributed by atoms with Crippen LogP contribution in [0.15, 0.2) is 24.3 Å². The molecule has 20 heavy (non-hydrogen) atoms. The van der Waals surface area contributed by atoms with E-state index in [2.05, 4.69) is 22.9 Å². The van der Waals surface area contributed by atoms with Crippen molar-refractivity contribution in [3.8, 4) is 0 Å². The molecule has 0 fully saturated rings. The first-order valence-corrected chi connectivity index (χ1v) is 7.80. The molecule has 5 heteroatoms. The molecule has 0 radical (unpaired) electrons. The minimum absolute atomic E-state index is 0.104. The molecule has 1 N–H and O–H groups in total. The Morgan fingerprint density at radius 1 is 1.30 bits per heavy atom. The normalized spacial score (nSPS) is 11.9. The second kappa shape index (κ2) is 8.74. The number of hydrogen-bond acceptors (Lipinski definition) is 3. The zero-order chi connectivity index (χ0) is 15.0. The largest absolute Gasteiger partial charge is 0.478 e. The standard InChI is InChI=1S/C15H19BrO4/c1-2-3-4-9-13(20-14(17)10-16)11-7-5-6-8-12(11)15(18)19/h5-8,13H,2-4,9-10H2,1H3,(H,18,19). The number of alkyl halides is 1. The van der Waals surface area contributed by atoms with Crippen LogP contribution >= 0.6 is 15.9 Å². The Morgan fingerprint density at radius 3 is 2.60 bits per heavy atom. The van der Waals surface area contributed by atoms with Gasteiger partial charge < -0.3 is 9.84 Å². The third kappa shape index (κ3) is 4.96. The summed E-state index contributed by atoms with van der Waals surface area (Å²) in [7, 11) is 0. The number of benzene rings is 1. The van der Waals surface area contributed by atoms with Crippen LogP contribution in [0.3, 0.4) is 0 Å². The summed E-state index contributed by atoms with van der Waals surface area (Å²) in [4.78, 5) is 22.8. The number of hydrogen-bond donors (Lipinski definition) is 1. The molecule has 1 rings (SSSR count). The van der Waals surface area contributed by atoms with Crippen LogP contribution in [-0.2, 0) is 9.53 Å². The molecule has 1 atom stereocenters. The molecule has 0 aliphatic heterocycles. The van der Waals surface area contributed by atoms with Gasteiger partial charge >= 0.3 is 11.9 Å². The zero-order valence-electron chi connectivity index (χ0n) is 11.5. The first-order chi connectivity index (χ1) is 9.60. The van der Waals surface area contributed by atoms with E-state index in [4.69, 9.17) is 4.74 Å². The van der Waals surface area contributed by atoms with Crippen LogP contribution in [0.1, 0.15) is 54.6 Å². The molecular weight excluding hydrogens is 324 g/mol. The van der Waals surface area contributed by atoms with Crippen LogP contribution in [0, 0.1) is 0 Å². The highest BCUT2D eigenvalue weighted by Crippen LogP contribution is 2.27. The van der Waals surface area contributed by atoms with Gasteiger partial charge in [-0.1, -0.05) is 53.9 Å². The second-order valence-corrected chi connectivity index (χ2v) is 5.06. The zero-order valence-corrected chi connectivity index (χ0v) is 13.1. The third-order valence-corrected chi connectivity index (χ3v) is 3.45. The van der Waals surface area contributed by atoms with E-state index in [-0.39, 0.29) is 16.9 Å². The molecule has 110 valence electrons. The Morgan fingerprint density at radius 2 is 2.00 bits per heavy atom. The minimum atomic E-state index is -1.00. The number of carbonyl (C=O) groups excluding carboxylic acids is 1. The van der Waals surface area contributed by atoms with Crippen LogP contribution in [0.5, 0.6) is 0 Å². The molecule has 0 aliphatic carbocycles. The van der Waals surface area contributed by atoms with Gasteiger partial charge in [0.25, 0.3) is 0 Å². The summed E-state index contributed by atoms with van der Waals surface area (Å²) in [6, 6.07) is 6.67. The molecule has 0 aromatic heterocycles. The first-order valence-electron chi connectivity index (χ1n) is 6.67. The Kier molecular flexibility index (Phi) is 7.30. The van der Waals surface area contributed by atoms with Gasteiger partial charge in [-0.25, -0.2) is 4.79 Å². The Hall–Kier alpha value is -1.36. The van der Waals surface area contributed by atoms with Crippen LogP contribution in [0.2, 0.25) is 0 Å². The molecule has 1 aromatic rings. The lowest BCUT2D eigenvalue weighted by Gasteiger charge is -2.19. The topological polar surface area (TPSA) is 63.6 Å². The number of esters is 1. The number of carboxylic acids is 1. The van der Waals surface area contributed by atoms with Crippen molar-refractivity contribution in [1.82, 2.24) is 0 Å². The van der Waals surface area contributed by atoms with E-state index in [0.717, 1.165) is 19.3 Å². The average Bonchev–Trinajstić information content (AvgIpc) is 2.46. The third-order valence-electron chi connectivity index (χ3n) is 2.99. The maximum absolute atomic E-state index is 11.5. The van der Waals surface area contributed by atoms with Gasteiger partial charge in [0.15, 0.2) is 0 Å². The van der Waals surface area contributed by atoms with Crippen molar-refractivity contribution in [2.75, 3.05) is 5.33 Å². The number of unbranched alkanes of at least 4 members (excludes halogenated alkanes) is 2. The van der Waals surface area contributed by atoms with E-state index in [1.807, 2.05) is 0 Å². The second-order valence-electron chi connectivity index (χ2n) is 4.50. The SMILES string of the molecule is CCCCCC(OC(=O)CBr)c1ccccc1C(=O)O. The lowest BCUT2D eigenvalue weighted by Crippen LogP contribution is -2.15. The fourth-order valence-corrected chi connectivity index (χ4v) is 2.15. The van der Waals surface area contributed by atoms with Gasteiger partial charge in [-0.05, 0) is 18.9 Å². The van der Waals surface area contributed by atoms with Crippen LogP contribution in [-0.4, -0.2) is 22.4 Å². The number of ether oxygens (including phenoxy) is 1. The predicted octanol–water partition coefficient (Wildman–Crippen LogP) is 3.94. The molecule has 1 unspecified atom stereocenters. The van der Waals surface area contributed by atoms with E-state index in [9.17, 15) is 14.7 Å². The number of rotatable bonds is 8. The van der Waals surface area contributed by atoms with Crippen LogP contribution in [0.25, 0.3) is 0 Å². The highest BCUT2D eigenvalue weighted by Gasteiger charge is 2.21. The maximum atomic E-state index is 11.5. The number of carbonyl (C=O) groups is 2. The highest BCUT2D eigenvalue weighted by atomic mass is 79.9. The van der Waals surface area contributed by atoms with Gasteiger partial charge in [-0.2, -0.15) is 0 Å². The van der Waals surface area contributed by atoms with Crippen molar-refractivity contribution in [2.45, 2.75) is 38.7 Å². The van der Waals surface area contributed by atoms with E-state index in [1.54, 1.807) is 18.2 Å². The Labute approximate surface area is 127 Å². The van der Waals surface area contributed by atoms with Crippen molar-refractivity contribution in [3.63, 3.8) is 0 Å². The summed E-state index contributed by atoms with van der Waals surface area (Å²) < 4.78 is 5.37. The number of halogens is 1. The Balaban J connectivity index is 2.96. The molecule has 4 nitrogen and oxygen atoms in total. The van der Waals surface area contributed by atoms with Gasteiger partial charge in [0.1, 0.15) is 11.4 Å². The first kappa shape index (κ1) is 16.7. The van der Waals surface area contributed by atoms with Gasteiger partial charge in [0, 0.05) is 5.56 Å². The van der Waals surface area contributed by atoms with Crippen molar-refractivity contribution in [2.24, 2.45) is 0 Å². The predicted molar refractivity (Wildman–Crippen MR) is 80.2 cm³/mol. The van der Waals surface area contributed by atoms with E-state index < -0.39 is 12.1 Å². The summed E-state index contributed by atoms with van der Waals surface area (Å²) in [5, 5.41) is 9.33. The molecule has 0 amide bonds. The van der Waals surface area contributed by atoms with Gasteiger partial charge in [-0.3, -0.25) is 4.79 Å². The minimum Gasteiger partial charge on any atom is -0.478 e. The van der Waals surface area contributed by atoms with E-state index >= 15 is 0 Å². The maximum Gasteiger partial charge on any atom is 0.336 e. The van der Waals surface area contributed by atoms with E-state index in [1.165, 1.54) is 6.07 Å². The molecule has 0 heterocycles. The van der Waals surface area contributed by atoms with E-state index in [0.29, 0.717) is 12.0 Å². The molecular formula is C15H19BrO4. The molecule has 0 saturated heterocycles. The van der Waals surface area contributed by atoms with Crippen molar-refractivity contribution >= 4 is 27.9 Å². The lowest BCUT2D eigenvalue weighted by atomic mass is 9.98. The fourth-order valence-electron chi connectivity index (χ4n) is 2.02. The summed E-state index contributed by atoms with van der Waals surface area (Å²) in [5.41, 5.74) is 0.752. The average molecular weight is 343 g/mol. The van der Waals surface area contributed by atoms with Gasteiger partial charge in [0.2, 0.25) is 0 Å². The smallest absolute Gasteiger partial charge is 0.336 e. The summed E-state index contributed by atoms with van der Waals surface area (Å²) >= 11 is 3.05. The van der Waals surface area contributed by atoms with Gasteiger partial charge in [0.05, 0.1) is 5.56 Å². The summed E-state index contributed by atoms with van der Waals surface area (Å²) in [5.74, 6) is -1.39. The molecule has 0 aliphatic rings. The quantitative estimate of drug-likeness (QED) is 0.441. The summed E-state index contributed by atoms with van der Waals surface area (Å²) in [6.45, 7) is 2.09. The van der Waals surface area contributed by atoms with Crippen molar-refractivity contribution in [1.29, 1.82) is 0 Å². The van der Waals surface area contributed by atoms with Crippen molar-refractivity contribution < 1.29 is 19.4 Å². The number of aromatic carboxylic acids is 1. The summed E-state index contributed by atoms with van der Waals surface area (Å²) in [6.07, 6.45) is 3.11. The molecule has 0 spiro atoms. The molecule has 0 saturated carbocycles. The van der Waals surface area contributed by atoms with Crippen LogP contribution < -0.4 is 0 Å². The number of carboxylic acid groups (broad SMARTS) is 1. The highest BCUT2D eigenvalue weighted by molar-refractivity contribution is 9.09. The lowest BCUT2D eigenvalue weighted by molar-refractivity contribution is -0.146. The molecule has 1 aromatic carbocycles. The van der Waals surface area contributed by atoms with Crippen molar-refractivity contribution in [3.05, 3.63) is 35.4 Å².